The monoisotopic (exact) mass is 512 g/mol. The molecule has 4 rings (SSSR count). The van der Waals surface area contributed by atoms with E-state index in [4.69, 9.17) is 14.2 Å². The molecule has 10 heteroatoms. The van der Waals surface area contributed by atoms with Crippen molar-refractivity contribution in [1.29, 1.82) is 0 Å². The Hall–Kier alpha value is -3.08. The van der Waals surface area contributed by atoms with Gasteiger partial charge in [0.05, 0.1) is 44.1 Å². The molecule has 1 aromatic carbocycles. The average molecular weight is 513 g/mol. The minimum Gasteiger partial charge on any atom is -0.497 e. The Kier molecular flexibility index (Phi) is 8.84. The summed E-state index contributed by atoms with van der Waals surface area (Å²) in [7, 11) is 1.60. The van der Waals surface area contributed by atoms with E-state index < -0.39 is 12.0 Å². The minimum atomic E-state index is -0.507. The van der Waals surface area contributed by atoms with Crippen LogP contribution in [0.2, 0.25) is 0 Å². The number of carbonyl (C=O) groups excluding carboxylic acids is 2. The van der Waals surface area contributed by atoms with E-state index in [1.54, 1.807) is 14.0 Å². The van der Waals surface area contributed by atoms with Crippen molar-refractivity contribution >= 4 is 28.8 Å². The number of methoxy groups -OCH3 is 1. The Labute approximate surface area is 215 Å². The molecule has 9 nitrogen and oxygen atoms in total. The van der Waals surface area contributed by atoms with Crippen molar-refractivity contribution in [3.8, 4) is 5.75 Å². The third-order valence-corrected chi connectivity index (χ3v) is 7.05. The molecule has 3 heterocycles. The molecule has 0 bridgehead atoms. The molecule has 0 aliphatic carbocycles. The molecule has 1 saturated heterocycles. The number of allylic oxidation sites excluding steroid dienone is 1. The molecule has 1 amide bonds. The number of fused-ring (bicyclic) bond motifs is 1. The highest BCUT2D eigenvalue weighted by Crippen LogP contribution is 2.45. The first-order chi connectivity index (χ1) is 17.5. The predicted octanol–water partition coefficient (Wildman–Crippen LogP) is 2.84. The summed E-state index contributed by atoms with van der Waals surface area (Å²) in [4.78, 5) is 34.9. The quantitative estimate of drug-likeness (QED) is 0.378. The van der Waals surface area contributed by atoms with Crippen LogP contribution < -0.4 is 10.1 Å². The van der Waals surface area contributed by atoms with Gasteiger partial charge in [-0.25, -0.2) is 9.79 Å². The number of carbonyl (C=O) groups is 2. The Morgan fingerprint density at radius 2 is 2.14 bits per heavy atom. The van der Waals surface area contributed by atoms with Gasteiger partial charge in [0.15, 0.2) is 5.17 Å². The van der Waals surface area contributed by atoms with Crippen molar-refractivity contribution in [3.05, 3.63) is 64.9 Å². The highest BCUT2D eigenvalue weighted by atomic mass is 32.2. The lowest BCUT2D eigenvalue weighted by Gasteiger charge is -2.36. The summed E-state index contributed by atoms with van der Waals surface area (Å²) in [6, 6.07) is 7.06. The molecule has 192 valence electrons. The van der Waals surface area contributed by atoms with Crippen molar-refractivity contribution in [2.75, 3.05) is 53.1 Å². The number of ether oxygens (including phenoxy) is 3. The molecule has 0 saturated carbocycles. The van der Waals surface area contributed by atoms with Crippen LogP contribution >= 0.6 is 11.8 Å². The fraction of sp³-hybridized carbons (Fsp3) is 0.423. The zero-order chi connectivity index (χ0) is 25.5. The van der Waals surface area contributed by atoms with Crippen molar-refractivity contribution in [3.63, 3.8) is 0 Å². The maximum absolute atomic E-state index is 13.1. The first kappa shape index (κ1) is 26.0. The Morgan fingerprint density at radius 3 is 2.89 bits per heavy atom. The number of hydrogen-bond acceptors (Lipinski definition) is 9. The summed E-state index contributed by atoms with van der Waals surface area (Å²) in [6.07, 6.45) is 1.70. The van der Waals surface area contributed by atoms with Gasteiger partial charge in [-0.15, -0.1) is 0 Å². The predicted molar refractivity (Wildman–Crippen MR) is 139 cm³/mol. The zero-order valence-corrected chi connectivity index (χ0v) is 21.5. The molecule has 1 atom stereocenters. The lowest BCUT2D eigenvalue weighted by Crippen LogP contribution is -2.42. The van der Waals surface area contributed by atoms with E-state index in [0.29, 0.717) is 23.6 Å². The van der Waals surface area contributed by atoms with Crippen LogP contribution in [0.1, 0.15) is 24.9 Å². The normalized spacial score (nSPS) is 19.8. The van der Waals surface area contributed by atoms with Crippen LogP contribution in [0, 0.1) is 0 Å². The fourth-order valence-corrected chi connectivity index (χ4v) is 5.34. The van der Waals surface area contributed by atoms with E-state index in [-0.39, 0.29) is 18.9 Å². The second-order valence-corrected chi connectivity index (χ2v) is 9.37. The number of hydrogen-bond donors (Lipinski definition) is 1. The van der Waals surface area contributed by atoms with Crippen molar-refractivity contribution in [1.82, 2.24) is 15.1 Å². The van der Waals surface area contributed by atoms with Crippen LogP contribution in [-0.4, -0.2) is 80.0 Å². The standard InChI is InChI=1S/C26H32N4O5S/c1-4-12-35-25(32)23-18(2)28-26-30(24(23)19-6-5-7-21(15-19)33-3)20(17-36-26)16-22(31)27-8-9-29-10-13-34-14-11-29/h4-7,15,17,24H,1,8-14,16H2,2-3H3,(H,27,31). The lowest BCUT2D eigenvalue weighted by molar-refractivity contribution is -0.138. The molecule has 0 aromatic heterocycles. The highest BCUT2D eigenvalue weighted by Gasteiger charge is 2.41. The summed E-state index contributed by atoms with van der Waals surface area (Å²) < 4.78 is 16.2. The van der Waals surface area contributed by atoms with Gasteiger partial charge in [0.2, 0.25) is 5.91 Å². The van der Waals surface area contributed by atoms with E-state index in [2.05, 4.69) is 21.8 Å². The van der Waals surface area contributed by atoms with Gasteiger partial charge in [-0.1, -0.05) is 36.5 Å². The smallest absolute Gasteiger partial charge is 0.338 e. The number of nitrogens with one attached hydrogen (secondary N) is 1. The van der Waals surface area contributed by atoms with Gasteiger partial charge in [0.25, 0.3) is 0 Å². The van der Waals surface area contributed by atoms with E-state index in [9.17, 15) is 9.59 Å². The number of nitrogens with zero attached hydrogens (tertiary/aromatic N) is 3. The summed E-state index contributed by atoms with van der Waals surface area (Å²) in [5.41, 5.74) is 2.62. The summed E-state index contributed by atoms with van der Waals surface area (Å²) in [6.45, 7) is 10.1. The first-order valence-corrected chi connectivity index (χ1v) is 12.8. The van der Waals surface area contributed by atoms with Gasteiger partial charge < -0.3 is 24.4 Å². The van der Waals surface area contributed by atoms with E-state index >= 15 is 0 Å². The lowest BCUT2D eigenvalue weighted by atomic mass is 9.93. The molecule has 36 heavy (non-hydrogen) atoms. The van der Waals surface area contributed by atoms with Gasteiger partial charge in [0, 0.05) is 31.9 Å². The summed E-state index contributed by atoms with van der Waals surface area (Å²) in [5, 5.41) is 5.67. The van der Waals surface area contributed by atoms with E-state index in [0.717, 1.165) is 49.3 Å². The molecule has 3 aliphatic rings. The fourth-order valence-electron chi connectivity index (χ4n) is 4.38. The second-order valence-electron chi connectivity index (χ2n) is 8.54. The summed E-state index contributed by atoms with van der Waals surface area (Å²) >= 11 is 1.44. The molecular weight excluding hydrogens is 480 g/mol. The van der Waals surface area contributed by atoms with Gasteiger partial charge in [0.1, 0.15) is 12.4 Å². The number of amidine groups is 1. The maximum atomic E-state index is 13.1. The molecule has 1 fully saturated rings. The number of thioether (sulfide) groups is 1. The van der Waals surface area contributed by atoms with Gasteiger partial charge in [-0.3, -0.25) is 9.69 Å². The molecule has 1 aromatic rings. The third-order valence-electron chi connectivity index (χ3n) is 6.16. The Bertz CT molecular complexity index is 1090. The highest BCUT2D eigenvalue weighted by molar-refractivity contribution is 8.16. The Morgan fingerprint density at radius 1 is 1.33 bits per heavy atom. The van der Waals surface area contributed by atoms with Crippen molar-refractivity contribution in [2.45, 2.75) is 19.4 Å². The van der Waals surface area contributed by atoms with Crippen LogP contribution in [0.5, 0.6) is 5.75 Å². The third kappa shape index (κ3) is 6.00. The van der Waals surface area contributed by atoms with Gasteiger partial charge >= 0.3 is 5.97 Å². The molecule has 3 aliphatic heterocycles. The molecule has 0 radical (unpaired) electrons. The molecular formula is C26H32N4O5S. The first-order valence-electron chi connectivity index (χ1n) is 11.9. The number of esters is 1. The minimum absolute atomic E-state index is 0.0807. The van der Waals surface area contributed by atoms with Gasteiger partial charge in [-0.2, -0.15) is 0 Å². The largest absolute Gasteiger partial charge is 0.497 e. The molecule has 1 unspecified atom stereocenters. The van der Waals surface area contributed by atoms with E-state index in [1.807, 2.05) is 34.6 Å². The number of morpholine rings is 1. The van der Waals surface area contributed by atoms with Crippen LogP contribution in [0.15, 0.2) is 64.3 Å². The number of amides is 1. The molecule has 0 spiro atoms. The van der Waals surface area contributed by atoms with Gasteiger partial charge in [-0.05, 0) is 30.0 Å². The van der Waals surface area contributed by atoms with E-state index in [1.165, 1.54) is 17.8 Å². The van der Waals surface area contributed by atoms with Crippen molar-refractivity contribution < 1.29 is 23.8 Å². The summed E-state index contributed by atoms with van der Waals surface area (Å²) in [5.74, 6) is 0.128. The van der Waals surface area contributed by atoms with Crippen LogP contribution in [-0.2, 0) is 19.1 Å². The van der Waals surface area contributed by atoms with Crippen LogP contribution in [0.25, 0.3) is 0 Å². The maximum Gasteiger partial charge on any atom is 0.338 e. The van der Waals surface area contributed by atoms with Crippen molar-refractivity contribution in [2.24, 2.45) is 4.99 Å². The zero-order valence-electron chi connectivity index (χ0n) is 20.7. The van der Waals surface area contributed by atoms with Crippen LogP contribution in [0.4, 0.5) is 0 Å². The second kappa shape index (κ2) is 12.2. The Balaban J connectivity index is 1.54. The number of aliphatic imine (C=N–C) groups is 1. The topological polar surface area (TPSA) is 92.7 Å². The number of benzene rings is 1. The average Bonchev–Trinajstić information content (AvgIpc) is 3.28. The number of rotatable bonds is 10. The van der Waals surface area contributed by atoms with Crippen LogP contribution in [0.3, 0.4) is 0 Å². The molecule has 1 N–H and O–H groups in total. The SMILES string of the molecule is C=CCOC(=O)C1=C(C)N=C2SC=C(CC(=O)NCCN3CCOCC3)N2C1c1cccc(OC)c1.